The van der Waals surface area contributed by atoms with Gasteiger partial charge in [-0.2, -0.15) is 0 Å². The second kappa shape index (κ2) is 8.06. The lowest BCUT2D eigenvalue weighted by Crippen LogP contribution is -2.26. The summed E-state index contributed by atoms with van der Waals surface area (Å²) in [6, 6.07) is 1.86. The molecule has 9 heteroatoms. The average Bonchev–Trinajstić information content (AvgIpc) is 3.07. The van der Waals surface area contributed by atoms with E-state index in [1.54, 1.807) is 13.1 Å². The van der Waals surface area contributed by atoms with E-state index < -0.39 is 44.6 Å². The summed E-state index contributed by atoms with van der Waals surface area (Å²) in [5.74, 6) is -2.95. The molecule has 0 radical (unpaired) electrons. The largest absolute Gasteiger partial charge is 0.349 e. The van der Waals surface area contributed by atoms with Crippen LogP contribution in [-0.2, 0) is 10.0 Å². The normalized spacial score (nSPS) is 18.6. The van der Waals surface area contributed by atoms with Crippen LogP contribution >= 0.6 is 0 Å². The molecule has 0 bridgehead atoms. The second-order valence-corrected chi connectivity index (χ2v) is 9.25. The maximum absolute atomic E-state index is 15.0. The number of carbonyl (C=O) groups is 1. The minimum atomic E-state index is -3.79. The van der Waals surface area contributed by atoms with Gasteiger partial charge in [-0.05, 0) is 36.5 Å². The van der Waals surface area contributed by atoms with Crippen molar-refractivity contribution < 1.29 is 22.0 Å². The number of nitrogens with one attached hydrogen (secondary N) is 2. The number of hydrogen-bond acceptors (Lipinski definition) is 5. The predicted octanol–water partition coefficient (Wildman–Crippen LogP) is 3.74. The smallest absolute Gasteiger partial charge is 0.232 e. The fourth-order valence-electron chi connectivity index (χ4n) is 3.35. The zero-order valence-electron chi connectivity index (χ0n) is 16.4. The van der Waals surface area contributed by atoms with E-state index in [1.807, 2.05) is 13.8 Å². The quantitative estimate of drug-likeness (QED) is 0.654. The van der Waals surface area contributed by atoms with Crippen molar-refractivity contribution in [3.63, 3.8) is 0 Å². The van der Waals surface area contributed by atoms with Crippen molar-refractivity contribution in [1.82, 2.24) is 5.32 Å². The number of benzene rings is 1. The van der Waals surface area contributed by atoms with Gasteiger partial charge in [0, 0.05) is 18.0 Å². The van der Waals surface area contributed by atoms with Gasteiger partial charge in [0.2, 0.25) is 10.0 Å². The van der Waals surface area contributed by atoms with E-state index in [0.29, 0.717) is 18.7 Å². The van der Waals surface area contributed by atoms with Gasteiger partial charge < -0.3 is 5.32 Å². The number of halogens is 2. The van der Waals surface area contributed by atoms with Crippen LogP contribution in [0.5, 0.6) is 0 Å². The van der Waals surface area contributed by atoms with E-state index in [1.165, 1.54) is 6.20 Å². The van der Waals surface area contributed by atoms with Crippen molar-refractivity contribution in [2.24, 2.45) is 16.8 Å². The summed E-state index contributed by atoms with van der Waals surface area (Å²) in [7, 11) is -3.79. The average molecular weight is 423 g/mol. The van der Waals surface area contributed by atoms with Gasteiger partial charge in [-0.1, -0.05) is 20.8 Å². The molecule has 156 valence electrons. The molecule has 2 heterocycles. The number of rotatable bonds is 7. The molecule has 2 aliphatic rings. The molecule has 6 nitrogen and oxygen atoms in total. The maximum atomic E-state index is 15.0. The van der Waals surface area contributed by atoms with Gasteiger partial charge in [0.25, 0.3) is 0 Å². The number of anilines is 1. The lowest BCUT2D eigenvalue weighted by Gasteiger charge is -2.22. The zero-order valence-corrected chi connectivity index (χ0v) is 17.2. The highest BCUT2D eigenvalue weighted by Crippen LogP contribution is 2.35. The van der Waals surface area contributed by atoms with Crippen molar-refractivity contribution in [1.29, 1.82) is 0 Å². The Morgan fingerprint density at radius 3 is 2.72 bits per heavy atom. The molecule has 1 atom stereocenters. The summed E-state index contributed by atoms with van der Waals surface area (Å²) in [5.41, 5.74) is -0.00348. The fraction of sp³-hybridized carbons (Fsp3) is 0.400. The van der Waals surface area contributed by atoms with Crippen molar-refractivity contribution in [3.8, 4) is 0 Å². The lowest BCUT2D eigenvalue weighted by atomic mass is 9.84. The molecule has 1 unspecified atom stereocenters. The second-order valence-electron chi connectivity index (χ2n) is 7.41. The Hall–Kier alpha value is -2.55. The highest BCUT2D eigenvalue weighted by atomic mass is 32.2. The van der Waals surface area contributed by atoms with Gasteiger partial charge in [-0.25, -0.2) is 22.2 Å². The molecular formula is C20H23F2N3O3S. The number of aliphatic imine (C=N–C) groups is 1. The van der Waals surface area contributed by atoms with Gasteiger partial charge in [-0.15, -0.1) is 0 Å². The molecule has 0 amide bonds. The minimum Gasteiger partial charge on any atom is -0.349 e. The predicted molar refractivity (Wildman–Crippen MR) is 108 cm³/mol. The Labute approximate surface area is 168 Å². The molecule has 2 N–H and O–H groups in total. The van der Waals surface area contributed by atoms with Crippen molar-refractivity contribution in [3.05, 3.63) is 52.9 Å². The Balaban J connectivity index is 1.93. The first-order valence-corrected chi connectivity index (χ1v) is 11.1. The lowest BCUT2D eigenvalue weighted by molar-refractivity contribution is 0.102. The van der Waals surface area contributed by atoms with Crippen molar-refractivity contribution >= 4 is 27.3 Å². The number of nitrogens with zero attached hydrogens (tertiary/aromatic N) is 1. The summed E-state index contributed by atoms with van der Waals surface area (Å²) < 4.78 is 55.4. The van der Waals surface area contributed by atoms with Crippen LogP contribution in [0.4, 0.5) is 14.5 Å². The van der Waals surface area contributed by atoms with Crippen LogP contribution in [0, 0.1) is 23.5 Å². The van der Waals surface area contributed by atoms with Gasteiger partial charge in [0.15, 0.2) is 11.6 Å². The van der Waals surface area contributed by atoms with Gasteiger partial charge in [0.05, 0.1) is 22.9 Å². The molecule has 0 aliphatic carbocycles. The third-order valence-corrected chi connectivity index (χ3v) is 6.43. The van der Waals surface area contributed by atoms with E-state index in [2.05, 4.69) is 15.0 Å². The standard InChI is InChI=1S/C20H23F2N3O3S/c1-4-7-29(27,28)25-16-6-5-15(21)17(18(16)22)19(26)14-10-24-20-13(14)8-12(9-23-20)11(2)3/h5-6,9-11,13,25H,4,7-8H2,1-3H3,(H,23,24). The Bertz CT molecular complexity index is 1040. The highest BCUT2D eigenvalue weighted by molar-refractivity contribution is 7.92. The first kappa shape index (κ1) is 21.2. The summed E-state index contributed by atoms with van der Waals surface area (Å²) in [6.45, 7) is 5.67. The highest BCUT2D eigenvalue weighted by Gasteiger charge is 2.36. The van der Waals surface area contributed by atoms with Gasteiger partial charge in [0.1, 0.15) is 11.7 Å². The third kappa shape index (κ3) is 4.24. The number of fused-ring (bicyclic) bond motifs is 1. The summed E-state index contributed by atoms with van der Waals surface area (Å²) in [4.78, 5) is 17.3. The van der Waals surface area contributed by atoms with Gasteiger partial charge in [-0.3, -0.25) is 9.52 Å². The number of ketones is 1. The Kier molecular flexibility index (Phi) is 5.88. The molecular weight excluding hydrogens is 400 g/mol. The van der Waals surface area contributed by atoms with Crippen LogP contribution < -0.4 is 10.0 Å². The van der Waals surface area contributed by atoms with E-state index in [0.717, 1.165) is 17.7 Å². The first-order chi connectivity index (χ1) is 13.6. The number of allylic oxidation sites excluding steroid dienone is 1. The molecule has 0 spiro atoms. The maximum Gasteiger partial charge on any atom is 0.232 e. The number of Topliss-reactive ketones (excluding diaryl/α,β-unsaturated/α-hetero) is 1. The zero-order chi connectivity index (χ0) is 21.3. The summed E-state index contributed by atoms with van der Waals surface area (Å²) >= 11 is 0. The van der Waals surface area contributed by atoms with Crippen LogP contribution in [0.1, 0.15) is 44.0 Å². The number of amidine groups is 1. The molecule has 0 saturated heterocycles. The molecule has 3 rings (SSSR count). The molecule has 29 heavy (non-hydrogen) atoms. The summed E-state index contributed by atoms with van der Waals surface area (Å²) in [6.07, 6.45) is 4.01. The van der Waals surface area contributed by atoms with E-state index in [9.17, 15) is 22.0 Å². The number of hydrogen-bond donors (Lipinski definition) is 2. The molecule has 0 aromatic heterocycles. The van der Waals surface area contributed by atoms with Crippen molar-refractivity contribution in [2.45, 2.75) is 33.6 Å². The van der Waals surface area contributed by atoms with Crippen LogP contribution in [0.2, 0.25) is 0 Å². The third-order valence-electron chi connectivity index (χ3n) is 4.95. The van der Waals surface area contributed by atoms with Gasteiger partial charge >= 0.3 is 0 Å². The molecule has 1 aromatic rings. The van der Waals surface area contributed by atoms with E-state index in [-0.39, 0.29) is 17.2 Å². The molecule has 0 saturated carbocycles. The Morgan fingerprint density at radius 2 is 2.07 bits per heavy atom. The van der Waals surface area contributed by atoms with E-state index >= 15 is 0 Å². The van der Waals surface area contributed by atoms with Crippen LogP contribution in [0.25, 0.3) is 0 Å². The molecule has 2 aliphatic heterocycles. The van der Waals surface area contributed by atoms with Crippen LogP contribution in [0.15, 0.2) is 40.7 Å². The first-order valence-electron chi connectivity index (χ1n) is 9.41. The minimum absolute atomic E-state index is 0.196. The molecule has 0 fully saturated rings. The molecule has 1 aromatic carbocycles. The topological polar surface area (TPSA) is 87.6 Å². The monoisotopic (exact) mass is 423 g/mol. The van der Waals surface area contributed by atoms with E-state index in [4.69, 9.17) is 0 Å². The fourth-order valence-corrected chi connectivity index (χ4v) is 4.49. The van der Waals surface area contributed by atoms with Crippen molar-refractivity contribution in [2.75, 3.05) is 10.5 Å². The number of carbonyl (C=O) groups excluding carboxylic acids is 1. The Morgan fingerprint density at radius 1 is 1.34 bits per heavy atom. The van der Waals surface area contributed by atoms with Crippen LogP contribution in [-0.4, -0.2) is 25.8 Å². The SMILES string of the molecule is CCCS(=O)(=O)Nc1ccc(F)c(C(=O)C2=CNC3=NC=C(C(C)C)CC23)c1F. The van der Waals surface area contributed by atoms with Crippen LogP contribution in [0.3, 0.4) is 0 Å². The number of sulfonamides is 1. The summed E-state index contributed by atoms with van der Waals surface area (Å²) in [5, 5.41) is 2.89.